The maximum atomic E-state index is 9.98. The van der Waals surface area contributed by atoms with Crippen molar-refractivity contribution in [2.75, 3.05) is 0 Å². The zero-order valence-corrected chi connectivity index (χ0v) is 10.2. The molecule has 0 aromatic heterocycles. The van der Waals surface area contributed by atoms with E-state index < -0.39 is 0 Å². The molecule has 0 saturated carbocycles. The van der Waals surface area contributed by atoms with Crippen LogP contribution in [0.5, 0.6) is 0 Å². The van der Waals surface area contributed by atoms with Gasteiger partial charge >= 0.3 is 0 Å². The van der Waals surface area contributed by atoms with Crippen molar-refractivity contribution in [1.82, 2.24) is 0 Å². The molecule has 0 aromatic rings. The molecular formula is C14H26O. The smallest absolute Gasteiger partial charge is 0.142 e. The summed E-state index contributed by atoms with van der Waals surface area (Å²) in [5.41, 5.74) is 0. The third-order valence-corrected chi connectivity index (χ3v) is 2.69. The monoisotopic (exact) mass is 210 g/mol. The highest BCUT2D eigenvalue weighted by molar-refractivity contribution is 5.64. The van der Waals surface area contributed by atoms with E-state index in [-0.39, 0.29) is 0 Å². The quantitative estimate of drug-likeness (QED) is 0.275. The van der Waals surface area contributed by atoms with Crippen LogP contribution >= 0.6 is 0 Å². The van der Waals surface area contributed by atoms with Crippen LogP contribution in [0.4, 0.5) is 0 Å². The molecule has 0 atom stereocenters. The summed E-state index contributed by atoms with van der Waals surface area (Å²) in [5, 5.41) is 0. The second kappa shape index (κ2) is 13.4. The lowest BCUT2D eigenvalue weighted by atomic mass is 10.1. The minimum atomic E-state index is 0.855. The minimum absolute atomic E-state index is 0.855. The van der Waals surface area contributed by atoms with Crippen LogP contribution in [0.2, 0.25) is 0 Å². The molecule has 0 amide bonds. The zero-order chi connectivity index (χ0) is 11.2. The molecule has 15 heavy (non-hydrogen) atoms. The van der Waals surface area contributed by atoms with Crippen molar-refractivity contribution >= 4 is 6.29 Å². The number of unbranched alkanes of at least 4 members (excludes halogenated alkanes) is 9. The van der Waals surface area contributed by atoms with Gasteiger partial charge in [0.1, 0.15) is 6.29 Å². The first-order valence-electron chi connectivity index (χ1n) is 6.52. The Morgan fingerprint density at radius 2 is 1.33 bits per heavy atom. The van der Waals surface area contributed by atoms with E-state index in [1.165, 1.54) is 57.8 Å². The van der Waals surface area contributed by atoms with E-state index in [4.69, 9.17) is 0 Å². The molecule has 0 bridgehead atoms. The highest BCUT2D eigenvalue weighted by Gasteiger charge is 1.90. The summed E-state index contributed by atoms with van der Waals surface area (Å²) in [7, 11) is 0. The first-order chi connectivity index (χ1) is 7.41. The summed E-state index contributed by atoms with van der Waals surface area (Å²) in [4.78, 5) is 9.98. The van der Waals surface area contributed by atoms with Crippen LogP contribution in [-0.4, -0.2) is 6.29 Å². The van der Waals surface area contributed by atoms with Gasteiger partial charge in [0, 0.05) is 0 Å². The van der Waals surface area contributed by atoms with Crippen LogP contribution in [0, 0.1) is 0 Å². The van der Waals surface area contributed by atoms with Gasteiger partial charge in [-0.2, -0.15) is 0 Å². The molecule has 0 spiro atoms. The third kappa shape index (κ3) is 13.4. The first kappa shape index (κ1) is 14.4. The van der Waals surface area contributed by atoms with Crippen LogP contribution in [0.25, 0.3) is 0 Å². The summed E-state index contributed by atoms with van der Waals surface area (Å²) in [5.74, 6) is 0. The van der Waals surface area contributed by atoms with E-state index in [1.807, 2.05) is 6.08 Å². The lowest BCUT2D eigenvalue weighted by molar-refractivity contribution is -0.104. The van der Waals surface area contributed by atoms with Gasteiger partial charge in [-0.3, -0.25) is 4.79 Å². The summed E-state index contributed by atoms with van der Waals surface area (Å²) in [6.45, 7) is 2.26. The molecule has 0 radical (unpaired) electrons. The minimum Gasteiger partial charge on any atom is -0.299 e. The van der Waals surface area contributed by atoms with E-state index in [2.05, 4.69) is 6.92 Å². The van der Waals surface area contributed by atoms with Crippen molar-refractivity contribution in [3.8, 4) is 0 Å². The molecule has 0 aliphatic carbocycles. The molecule has 0 aliphatic heterocycles. The Hall–Kier alpha value is -0.590. The van der Waals surface area contributed by atoms with Gasteiger partial charge in [0.25, 0.3) is 0 Å². The van der Waals surface area contributed by atoms with Gasteiger partial charge < -0.3 is 0 Å². The van der Waals surface area contributed by atoms with Crippen molar-refractivity contribution in [1.29, 1.82) is 0 Å². The van der Waals surface area contributed by atoms with Gasteiger partial charge in [0.2, 0.25) is 0 Å². The zero-order valence-electron chi connectivity index (χ0n) is 10.2. The first-order valence-corrected chi connectivity index (χ1v) is 6.52. The molecule has 1 heteroatoms. The molecule has 1 nitrogen and oxygen atoms in total. The van der Waals surface area contributed by atoms with Crippen molar-refractivity contribution in [2.24, 2.45) is 0 Å². The predicted molar refractivity (Wildman–Crippen MR) is 67.0 cm³/mol. The van der Waals surface area contributed by atoms with Crippen molar-refractivity contribution in [3.05, 3.63) is 12.2 Å². The van der Waals surface area contributed by atoms with E-state index in [1.54, 1.807) is 6.08 Å². The SMILES string of the molecule is CCCCCCCCCCC/C=C\C=O. The molecule has 0 aliphatic rings. The maximum Gasteiger partial charge on any atom is 0.142 e. The second-order valence-corrected chi connectivity index (χ2v) is 4.18. The molecule has 0 saturated heterocycles. The Labute approximate surface area is 95.0 Å². The number of aldehydes is 1. The van der Waals surface area contributed by atoms with Gasteiger partial charge in [-0.1, -0.05) is 64.4 Å². The summed E-state index contributed by atoms with van der Waals surface area (Å²) >= 11 is 0. The Morgan fingerprint density at radius 1 is 0.800 bits per heavy atom. The summed E-state index contributed by atoms with van der Waals surface area (Å²) in [6.07, 6.45) is 17.8. The Balaban J connectivity index is 2.92. The number of hydrogen-bond donors (Lipinski definition) is 0. The topological polar surface area (TPSA) is 17.1 Å². The highest BCUT2D eigenvalue weighted by Crippen LogP contribution is 2.10. The highest BCUT2D eigenvalue weighted by atomic mass is 16.1. The van der Waals surface area contributed by atoms with Gasteiger partial charge in [0.15, 0.2) is 0 Å². The Kier molecular flexibility index (Phi) is 12.9. The molecule has 0 heterocycles. The van der Waals surface area contributed by atoms with Crippen LogP contribution in [0.1, 0.15) is 71.1 Å². The third-order valence-electron chi connectivity index (χ3n) is 2.69. The average Bonchev–Trinajstić information content (AvgIpc) is 2.26. The lowest BCUT2D eigenvalue weighted by Gasteiger charge is -2.00. The molecule has 0 N–H and O–H groups in total. The van der Waals surface area contributed by atoms with Crippen LogP contribution in [0.15, 0.2) is 12.2 Å². The maximum absolute atomic E-state index is 9.98. The molecule has 0 unspecified atom stereocenters. The van der Waals surface area contributed by atoms with E-state index >= 15 is 0 Å². The van der Waals surface area contributed by atoms with E-state index in [0.717, 1.165) is 12.7 Å². The molecule has 0 aromatic carbocycles. The number of carbonyl (C=O) groups is 1. The standard InChI is InChI=1S/C14H26O/c1-2-3-4-5-6-7-8-9-10-11-12-13-14-15/h12-14H,2-11H2,1H3/b13-12-. The number of rotatable bonds is 11. The molecular weight excluding hydrogens is 184 g/mol. The Bertz CT molecular complexity index is 149. The fraction of sp³-hybridized carbons (Fsp3) is 0.786. The van der Waals surface area contributed by atoms with Crippen LogP contribution in [0.3, 0.4) is 0 Å². The van der Waals surface area contributed by atoms with Crippen LogP contribution in [-0.2, 0) is 4.79 Å². The summed E-state index contributed by atoms with van der Waals surface area (Å²) < 4.78 is 0. The molecule has 88 valence electrons. The predicted octanol–water partition coefficient (Wildman–Crippen LogP) is 4.66. The van der Waals surface area contributed by atoms with Gasteiger partial charge in [0.05, 0.1) is 0 Å². The second-order valence-electron chi connectivity index (χ2n) is 4.18. The van der Waals surface area contributed by atoms with E-state index in [0.29, 0.717) is 0 Å². The van der Waals surface area contributed by atoms with Gasteiger partial charge in [-0.15, -0.1) is 0 Å². The van der Waals surface area contributed by atoms with Crippen molar-refractivity contribution in [2.45, 2.75) is 71.1 Å². The van der Waals surface area contributed by atoms with Crippen molar-refractivity contribution in [3.63, 3.8) is 0 Å². The fourth-order valence-electron chi connectivity index (χ4n) is 1.72. The van der Waals surface area contributed by atoms with Crippen LogP contribution < -0.4 is 0 Å². The fourth-order valence-corrected chi connectivity index (χ4v) is 1.72. The number of allylic oxidation sites excluding steroid dienone is 2. The van der Waals surface area contributed by atoms with E-state index in [9.17, 15) is 4.79 Å². The normalized spacial score (nSPS) is 11.0. The lowest BCUT2D eigenvalue weighted by Crippen LogP contribution is -1.80. The Morgan fingerprint density at radius 3 is 1.87 bits per heavy atom. The average molecular weight is 210 g/mol. The largest absolute Gasteiger partial charge is 0.299 e. The van der Waals surface area contributed by atoms with Crippen molar-refractivity contribution < 1.29 is 4.79 Å². The number of carbonyl (C=O) groups excluding carboxylic acids is 1. The number of hydrogen-bond acceptors (Lipinski definition) is 1. The molecule has 0 rings (SSSR count). The molecule has 0 fully saturated rings. The van der Waals surface area contributed by atoms with Gasteiger partial charge in [-0.25, -0.2) is 0 Å². The summed E-state index contributed by atoms with van der Waals surface area (Å²) in [6, 6.07) is 0. The van der Waals surface area contributed by atoms with Gasteiger partial charge in [-0.05, 0) is 18.9 Å².